The SMILES string of the molecule is CN(CC(=O)Nc1ccc(F)cc1)CC(C)(C)O. The first-order chi connectivity index (χ1) is 8.26. The molecule has 0 spiro atoms. The summed E-state index contributed by atoms with van der Waals surface area (Å²) >= 11 is 0. The van der Waals surface area contributed by atoms with E-state index in [1.54, 1.807) is 25.8 Å². The molecule has 0 saturated heterocycles. The van der Waals surface area contributed by atoms with Crippen LogP contribution in [0.15, 0.2) is 24.3 Å². The molecule has 0 fully saturated rings. The molecule has 18 heavy (non-hydrogen) atoms. The van der Waals surface area contributed by atoms with Crippen LogP contribution in [-0.2, 0) is 4.79 Å². The monoisotopic (exact) mass is 254 g/mol. The maximum absolute atomic E-state index is 12.7. The van der Waals surface area contributed by atoms with Crippen LogP contribution in [0.2, 0.25) is 0 Å². The standard InChI is InChI=1S/C13H19FN2O2/c1-13(2,18)9-16(3)8-12(17)15-11-6-4-10(14)5-7-11/h4-7,18H,8-9H2,1-3H3,(H,15,17). The first-order valence-electron chi connectivity index (χ1n) is 5.72. The molecule has 4 nitrogen and oxygen atoms in total. The molecule has 1 aromatic rings. The van der Waals surface area contributed by atoms with E-state index in [9.17, 15) is 14.3 Å². The zero-order valence-electron chi connectivity index (χ0n) is 10.9. The number of rotatable bonds is 5. The van der Waals surface area contributed by atoms with Gasteiger partial charge in [0.15, 0.2) is 0 Å². The van der Waals surface area contributed by atoms with Gasteiger partial charge in [0.2, 0.25) is 5.91 Å². The topological polar surface area (TPSA) is 52.6 Å². The fourth-order valence-corrected chi connectivity index (χ4v) is 1.70. The fraction of sp³-hybridized carbons (Fsp3) is 0.462. The Kier molecular flexibility index (Phi) is 4.81. The highest BCUT2D eigenvalue weighted by atomic mass is 19.1. The number of likely N-dealkylation sites (N-methyl/N-ethyl adjacent to an activating group) is 1. The minimum atomic E-state index is -0.842. The van der Waals surface area contributed by atoms with Gasteiger partial charge < -0.3 is 10.4 Å². The van der Waals surface area contributed by atoms with Crippen molar-refractivity contribution < 1.29 is 14.3 Å². The van der Waals surface area contributed by atoms with E-state index in [4.69, 9.17) is 0 Å². The lowest BCUT2D eigenvalue weighted by Gasteiger charge is -2.24. The third kappa shape index (κ3) is 5.75. The van der Waals surface area contributed by atoms with Gasteiger partial charge in [-0.1, -0.05) is 0 Å². The van der Waals surface area contributed by atoms with Gasteiger partial charge in [-0.25, -0.2) is 4.39 Å². The Morgan fingerprint density at radius 2 is 1.94 bits per heavy atom. The number of carbonyl (C=O) groups excluding carboxylic acids is 1. The lowest BCUT2D eigenvalue weighted by molar-refractivity contribution is -0.117. The number of hydrogen-bond acceptors (Lipinski definition) is 3. The van der Waals surface area contributed by atoms with Crippen LogP contribution >= 0.6 is 0 Å². The van der Waals surface area contributed by atoms with Crippen LogP contribution in [0.3, 0.4) is 0 Å². The average molecular weight is 254 g/mol. The molecule has 1 aromatic carbocycles. The second kappa shape index (κ2) is 5.93. The van der Waals surface area contributed by atoms with Crippen molar-refractivity contribution in [2.24, 2.45) is 0 Å². The molecule has 0 aliphatic heterocycles. The molecule has 100 valence electrons. The van der Waals surface area contributed by atoms with Gasteiger partial charge in [0.05, 0.1) is 12.1 Å². The summed E-state index contributed by atoms with van der Waals surface area (Å²) in [5, 5.41) is 12.3. The number of anilines is 1. The smallest absolute Gasteiger partial charge is 0.238 e. The molecule has 1 amide bonds. The Morgan fingerprint density at radius 3 is 2.44 bits per heavy atom. The number of nitrogens with one attached hydrogen (secondary N) is 1. The van der Waals surface area contributed by atoms with Crippen molar-refractivity contribution in [1.82, 2.24) is 4.90 Å². The predicted molar refractivity (Wildman–Crippen MR) is 68.8 cm³/mol. The molecule has 0 aromatic heterocycles. The lowest BCUT2D eigenvalue weighted by Crippen LogP contribution is -2.40. The van der Waals surface area contributed by atoms with Gasteiger partial charge in [-0.15, -0.1) is 0 Å². The summed E-state index contributed by atoms with van der Waals surface area (Å²) in [5.74, 6) is -0.541. The van der Waals surface area contributed by atoms with Crippen LogP contribution in [-0.4, -0.2) is 41.7 Å². The van der Waals surface area contributed by atoms with Crippen LogP contribution in [0, 0.1) is 5.82 Å². The second-order valence-electron chi connectivity index (χ2n) is 5.04. The number of benzene rings is 1. The third-order valence-electron chi connectivity index (χ3n) is 2.20. The van der Waals surface area contributed by atoms with Gasteiger partial charge in [0, 0.05) is 12.2 Å². The van der Waals surface area contributed by atoms with E-state index >= 15 is 0 Å². The summed E-state index contributed by atoms with van der Waals surface area (Å²) in [7, 11) is 1.75. The van der Waals surface area contributed by atoms with Crippen LogP contribution in [0.5, 0.6) is 0 Å². The Bertz CT molecular complexity index is 398. The Labute approximate surface area is 106 Å². The van der Waals surface area contributed by atoms with Gasteiger partial charge >= 0.3 is 0 Å². The van der Waals surface area contributed by atoms with Gasteiger partial charge in [-0.05, 0) is 45.2 Å². The van der Waals surface area contributed by atoms with Crippen LogP contribution < -0.4 is 5.32 Å². The van der Waals surface area contributed by atoms with Crippen LogP contribution in [0.1, 0.15) is 13.8 Å². The molecule has 0 radical (unpaired) electrons. The highest BCUT2D eigenvalue weighted by Gasteiger charge is 2.17. The molecule has 0 heterocycles. The molecule has 0 saturated carbocycles. The van der Waals surface area contributed by atoms with E-state index in [0.29, 0.717) is 12.2 Å². The minimum absolute atomic E-state index is 0.168. The molecule has 1 rings (SSSR count). The van der Waals surface area contributed by atoms with Crippen molar-refractivity contribution in [3.63, 3.8) is 0 Å². The summed E-state index contributed by atoms with van der Waals surface area (Å²) in [4.78, 5) is 13.4. The van der Waals surface area contributed by atoms with Crippen molar-refractivity contribution in [2.45, 2.75) is 19.4 Å². The second-order valence-corrected chi connectivity index (χ2v) is 5.04. The molecule has 0 bridgehead atoms. The number of carbonyl (C=O) groups is 1. The highest BCUT2D eigenvalue weighted by Crippen LogP contribution is 2.08. The minimum Gasteiger partial charge on any atom is -0.389 e. The van der Waals surface area contributed by atoms with E-state index in [1.165, 1.54) is 24.3 Å². The van der Waals surface area contributed by atoms with Crippen molar-refractivity contribution >= 4 is 11.6 Å². The summed E-state index contributed by atoms with van der Waals surface area (Å²) in [5.41, 5.74) is -0.289. The molecule has 0 atom stereocenters. The zero-order chi connectivity index (χ0) is 13.8. The normalized spacial score (nSPS) is 11.7. The van der Waals surface area contributed by atoms with Crippen molar-refractivity contribution in [1.29, 1.82) is 0 Å². The maximum Gasteiger partial charge on any atom is 0.238 e. The number of halogens is 1. The van der Waals surface area contributed by atoms with Gasteiger partial charge in [-0.2, -0.15) is 0 Å². The first kappa shape index (κ1) is 14.6. The van der Waals surface area contributed by atoms with E-state index < -0.39 is 5.60 Å². The van der Waals surface area contributed by atoms with Crippen molar-refractivity contribution in [2.75, 3.05) is 25.5 Å². The quantitative estimate of drug-likeness (QED) is 0.836. The van der Waals surface area contributed by atoms with Gasteiger partial charge in [0.1, 0.15) is 5.82 Å². The summed E-state index contributed by atoms with van der Waals surface area (Å²) in [6.07, 6.45) is 0. The number of hydrogen-bond donors (Lipinski definition) is 2. The number of amides is 1. The lowest BCUT2D eigenvalue weighted by atomic mass is 10.1. The highest BCUT2D eigenvalue weighted by molar-refractivity contribution is 5.92. The largest absolute Gasteiger partial charge is 0.389 e. The predicted octanol–water partition coefficient (Wildman–Crippen LogP) is 1.47. The molecule has 5 heteroatoms. The van der Waals surface area contributed by atoms with E-state index in [2.05, 4.69) is 5.32 Å². The third-order valence-corrected chi connectivity index (χ3v) is 2.20. The number of aliphatic hydroxyl groups is 1. The van der Waals surface area contributed by atoms with Crippen LogP contribution in [0.25, 0.3) is 0 Å². The van der Waals surface area contributed by atoms with Crippen LogP contribution in [0.4, 0.5) is 10.1 Å². The fourth-order valence-electron chi connectivity index (χ4n) is 1.70. The summed E-state index contributed by atoms with van der Waals surface area (Å²) in [6.45, 7) is 3.92. The van der Waals surface area contributed by atoms with E-state index in [-0.39, 0.29) is 18.3 Å². The first-order valence-corrected chi connectivity index (χ1v) is 5.72. The molecule has 0 unspecified atom stereocenters. The Balaban J connectivity index is 2.44. The summed E-state index contributed by atoms with van der Waals surface area (Å²) < 4.78 is 12.7. The Morgan fingerprint density at radius 1 is 1.39 bits per heavy atom. The maximum atomic E-state index is 12.7. The average Bonchev–Trinajstić information content (AvgIpc) is 2.18. The molecular weight excluding hydrogens is 235 g/mol. The molecule has 2 N–H and O–H groups in total. The Hall–Kier alpha value is -1.46. The summed E-state index contributed by atoms with van der Waals surface area (Å²) in [6, 6.07) is 5.58. The van der Waals surface area contributed by atoms with E-state index in [0.717, 1.165) is 0 Å². The van der Waals surface area contributed by atoms with Crippen molar-refractivity contribution in [3.8, 4) is 0 Å². The van der Waals surface area contributed by atoms with Crippen molar-refractivity contribution in [3.05, 3.63) is 30.1 Å². The molecule has 0 aliphatic carbocycles. The zero-order valence-corrected chi connectivity index (χ0v) is 10.9. The molecule has 0 aliphatic rings. The molecular formula is C13H19FN2O2. The van der Waals surface area contributed by atoms with E-state index in [1.807, 2.05) is 0 Å². The van der Waals surface area contributed by atoms with Gasteiger partial charge in [0.25, 0.3) is 0 Å². The van der Waals surface area contributed by atoms with Gasteiger partial charge in [-0.3, -0.25) is 9.69 Å². The number of nitrogens with zero attached hydrogens (tertiary/aromatic N) is 1.